The molecule has 0 aliphatic carbocycles. The number of nitrogen functional groups attached to an aromatic ring is 1. The Balaban J connectivity index is 2.34. The summed E-state index contributed by atoms with van der Waals surface area (Å²) in [5.74, 6) is 0.454. The van der Waals surface area contributed by atoms with Crippen LogP contribution in [0.4, 0.5) is 5.69 Å². The second-order valence-electron chi connectivity index (χ2n) is 3.92. The van der Waals surface area contributed by atoms with Gasteiger partial charge in [0.1, 0.15) is 5.76 Å². The lowest BCUT2D eigenvalue weighted by atomic mass is 10.2. The zero-order chi connectivity index (χ0) is 13.8. The summed E-state index contributed by atoms with van der Waals surface area (Å²) in [5.41, 5.74) is 6.75. The first-order chi connectivity index (χ1) is 9.11. The monoisotopic (exact) mass is 277 g/mol. The topological polar surface area (TPSA) is 65.5 Å². The molecule has 2 N–H and O–H groups in total. The number of hydrogen-bond acceptors (Lipinski definition) is 5. The molecule has 1 heterocycles. The van der Waals surface area contributed by atoms with Crippen molar-refractivity contribution in [2.75, 3.05) is 12.3 Å². The molecule has 2 rings (SSSR count). The fourth-order valence-corrected chi connectivity index (χ4v) is 2.54. The molecule has 19 heavy (non-hydrogen) atoms. The molecule has 2 aromatic rings. The first-order valence-corrected chi connectivity index (χ1v) is 6.72. The third-order valence-corrected chi connectivity index (χ3v) is 3.75. The number of aryl methyl sites for hydroxylation is 1. The molecule has 0 saturated carbocycles. The summed E-state index contributed by atoms with van der Waals surface area (Å²) in [4.78, 5) is 13.7. The van der Waals surface area contributed by atoms with Crippen molar-refractivity contribution >= 4 is 23.4 Å². The number of anilines is 1. The van der Waals surface area contributed by atoms with Gasteiger partial charge < -0.3 is 14.9 Å². The van der Waals surface area contributed by atoms with Crippen LogP contribution in [0.5, 0.6) is 0 Å². The molecule has 0 radical (unpaired) electrons. The second kappa shape index (κ2) is 5.84. The highest BCUT2D eigenvalue weighted by Gasteiger charge is 2.15. The number of rotatable bonds is 4. The number of benzene rings is 1. The summed E-state index contributed by atoms with van der Waals surface area (Å²) in [6.45, 7) is 3.99. The molecule has 1 aromatic heterocycles. The Bertz CT molecular complexity index is 592. The summed E-state index contributed by atoms with van der Waals surface area (Å²) in [6.07, 6.45) is 1.62. The van der Waals surface area contributed by atoms with E-state index in [4.69, 9.17) is 14.9 Å². The van der Waals surface area contributed by atoms with E-state index in [-0.39, 0.29) is 5.97 Å². The van der Waals surface area contributed by atoms with Crippen LogP contribution < -0.4 is 5.73 Å². The molecule has 100 valence electrons. The highest BCUT2D eigenvalue weighted by molar-refractivity contribution is 7.99. The van der Waals surface area contributed by atoms with Gasteiger partial charge in [-0.3, -0.25) is 0 Å². The van der Waals surface area contributed by atoms with E-state index in [0.29, 0.717) is 17.9 Å². The number of furan rings is 1. The molecule has 0 bridgehead atoms. The van der Waals surface area contributed by atoms with E-state index in [9.17, 15) is 4.79 Å². The lowest BCUT2D eigenvalue weighted by molar-refractivity contribution is 0.0522. The Hall–Kier alpha value is -1.88. The van der Waals surface area contributed by atoms with Crippen molar-refractivity contribution in [3.05, 3.63) is 41.9 Å². The molecule has 5 heteroatoms. The van der Waals surface area contributed by atoms with Crippen LogP contribution in [0.3, 0.4) is 0 Å². The number of carbonyl (C=O) groups excluding carboxylic acids is 1. The highest BCUT2D eigenvalue weighted by Crippen LogP contribution is 2.34. The quantitative estimate of drug-likeness (QED) is 0.684. The molecule has 0 unspecified atom stereocenters. The number of ether oxygens (including phenoxy) is 1. The van der Waals surface area contributed by atoms with Gasteiger partial charge in [-0.25, -0.2) is 4.79 Å². The maximum Gasteiger partial charge on any atom is 0.339 e. The second-order valence-corrected chi connectivity index (χ2v) is 5.00. The third-order valence-electron chi connectivity index (χ3n) is 2.53. The molecule has 0 atom stereocenters. The van der Waals surface area contributed by atoms with E-state index in [1.165, 1.54) is 11.8 Å². The predicted octanol–water partition coefficient (Wildman–Crippen LogP) is 3.50. The molecular weight excluding hydrogens is 262 g/mol. The van der Waals surface area contributed by atoms with Gasteiger partial charge in [-0.05, 0) is 38.1 Å². The largest absolute Gasteiger partial charge is 0.468 e. The Labute approximate surface area is 115 Å². The van der Waals surface area contributed by atoms with E-state index >= 15 is 0 Å². The fourth-order valence-electron chi connectivity index (χ4n) is 1.60. The lowest BCUT2D eigenvalue weighted by Crippen LogP contribution is -2.06. The molecular formula is C14H15NO3S. The maximum atomic E-state index is 11.9. The predicted molar refractivity (Wildman–Crippen MR) is 74.4 cm³/mol. The van der Waals surface area contributed by atoms with Crippen molar-refractivity contribution in [3.8, 4) is 0 Å². The van der Waals surface area contributed by atoms with Crippen molar-refractivity contribution in [1.82, 2.24) is 0 Å². The summed E-state index contributed by atoms with van der Waals surface area (Å²) >= 11 is 1.46. The zero-order valence-corrected chi connectivity index (χ0v) is 11.6. The van der Waals surface area contributed by atoms with E-state index in [0.717, 1.165) is 15.6 Å². The minimum atomic E-state index is -0.363. The summed E-state index contributed by atoms with van der Waals surface area (Å²) in [7, 11) is 0. The molecule has 0 amide bonds. The average Bonchev–Trinajstić information content (AvgIpc) is 2.77. The minimum Gasteiger partial charge on any atom is -0.468 e. The van der Waals surface area contributed by atoms with Gasteiger partial charge in [-0.2, -0.15) is 0 Å². The number of esters is 1. The van der Waals surface area contributed by atoms with Crippen LogP contribution in [0.25, 0.3) is 0 Å². The van der Waals surface area contributed by atoms with Gasteiger partial charge in [0.05, 0.1) is 23.3 Å². The smallest absolute Gasteiger partial charge is 0.339 e. The van der Waals surface area contributed by atoms with E-state index < -0.39 is 0 Å². The van der Waals surface area contributed by atoms with Crippen molar-refractivity contribution < 1.29 is 13.9 Å². The Morgan fingerprint density at radius 2 is 2.16 bits per heavy atom. The molecule has 0 aliphatic heterocycles. The van der Waals surface area contributed by atoms with Crippen LogP contribution in [0.2, 0.25) is 0 Å². The normalized spacial score (nSPS) is 10.4. The molecule has 4 nitrogen and oxygen atoms in total. The average molecular weight is 277 g/mol. The van der Waals surface area contributed by atoms with Crippen LogP contribution in [0, 0.1) is 6.92 Å². The van der Waals surface area contributed by atoms with Crippen LogP contribution in [-0.4, -0.2) is 12.6 Å². The summed E-state index contributed by atoms with van der Waals surface area (Å²) < 4.78 is 10.3. The standard InChI is InChI=1S/C14H15NO3S/c1-3-17-14(16)11-8-10(15)4-5-13(11)19-12-6-7-18-9(12)2/h4-8H,3,15H2,1-2H3. The summed E-state index contributed by atoms with van der Waals surface area (Å²) in [5, 5.41) is 0. The van der Waals surface area contributed by atoms with Gasteiger partial charge in [0.2, 0.25) is 0 Å². The number of carbonyl (C=O) groups is 1. The number of nitrogens with two attached hydrogens (primary N) is 1. The summed E-state index contributed by atoms with van der Waals surface area (Å²) in [6, 6.07) is 7.08. The van der Waals surface area contributed by atoms with Crippen molar-refractivity contribution in [1.29, 1.82) is 0 Å². The first-order valence-electron chi connectivity index (χ1n) is 5.90. The molecule has 0 fully saturated rings. The number of hydrogen-bond donors (Lipinski definition) is 1. The van der Waals surface area contributed by atoms with Gasteiger partial charge >= 0.3 is 5.97 Å². The van der Waals surface area contributed by atoms with Crippen molar-refractivity contribution in [2.45, 2.75) is 23.6 Å². The van der Waals surface area contributed by atoms with E-state index in [1.54, 1.807) is 25.3 Å². The lowest BCUT2D eigenvalue weighted by Gasteiger charge is -2.09. The first kappa shape index (κ1) is 13.5. The SMILES string of the molecule is CCOC(=O)c1cc(N)ccc1Sc1ccoc1C. The van der Waals surface area contributed by atoms with E-state index in [2.05, 4.69) is 0 Å². The Kier molecular flexibility index (Phi) is 4.16. The maximum absolute atomic E-state index is 11.9. The highest BCUT2D eigenvalue weighted by atomic mass is 32.2. The van der Waals surface area contributed by atoms with Crippen LogP contribution in [0.15, 0.2) is 44.7 Å². The van der Waals surface area contributed by atoms with Crippen LogP contribution >= 0.6 is 11.8 Å². The van der Waals surface area contributed by atoms with Crippen molar-refractivity contribution in [2.24, 2.45) is 0 Å². The molecule has 0 saturated heterocycles. The molecule has 0 spiro atoms. The van der Waals surface area contributed by atoms with Crippen molar-refractivity contribution in [3.63, 3.8) is 0 Å². The molecule has 0 aliphatic rings. The Morgan fingerprint density at radius 3 is 2.79 bits per heavy atom. The fraction of sp³-hybridized carbons (Fsp3) is 0.214. The van der Waals surface area contributed by atoms with E-state index in [1.807, 2.05) is 19.1 Å². The molecule has 1 aromatic carbocycles. The van der Waals surface area contributed by atoms with Gasteiger partial charge in [0.15, 0.2) is 0 Å². The third kappa shape index (κ3) is 3.12. The van der Waals surface area contributed by atoms with Gasteiger partial charge in [0.25, 0.3) is 0 Å². The zero-order valence-electron chi connectivity index (χ0n) is 10.8. The van der Waals surface area contributed by atoms with Gasteiger partial charge in [-0.1, -0.05) is 11.8 Å². The van der Waals surface area contributed by atoms with Crippen LogP contribution in [0.1, 0.15) is 23.0 Å². The van der Waals surface area contributed by atoms with Crippen LogP contribution in [-0.2, 0) is 4.74 Å². The Morgan fingerprint density at radius 1 is 1.37 bits per heavy atom. The van der Waals surface area contributed by atoms with Gasteiger partial charge in [-0.15, -0.1) is 0 Å². The minimum absolute atomic E-state index is 0.336. The van der Waals surface area contributed by atoms with Gasteiger partial charge in [0, 0.05) is 10.6 Å².